The van der Waals surface area contributed by atoms with Crippen molar-refractivity contribution in [2.45, 2.75) is 43.8 Å². The Hall–Kier alpha value is -0.920. The lowest BCUT2D eigenvalue weighted by molar-refractivity contribution is 0.567. The van der Waals surface area contributed by atoms with Gasteiger partial charge in [0, 0.05) is 18.2 Å². The van der Waals surface area contributed by atoms with Gasteiger partial charge in [0.15, 0.2) is 5.03 Å². The van der Waals surface area contributed by atoms with Gasteiger partial charge in [-0.3, -0.25) is 5.10 Å². The molecule has 0 saturated heterocycles. The molecule has 2 rings (SSSR count). The summed E-state index contributed by atoms with van der Waals surface area (Å²) in [6.07, 6.45) is 4.53. The van der Waals surface area contributed by atoms with Gasteiger partial charge in [0.05, 0.1) is 6.20 Å². The van der Waals surface area contributed by atoms with Crippen LogP contribution in [-0.2, 0) is 16.6 Å². The third kappa shape index (κ3) is 2.67. The fourth-order valence-corrected chi connectivity index (χ4v) is 3.48. The van der Waals surface area contributed by atoms with Crippen molar-refractivity contribution < 1.29 is 8.42 Å². The number of rotatable bonds is 6. The zero-order valence-corrected chi connectivity index (χ0v) is 10.6. The monoisotopic (exact) mass is 258 g/mol. The Bertz CT molecular complexity index is 482. The molecule has 0 bridgehead atoms. The number of nitrogens with one attached hydrogen (secondary N) is 2. The fourth-order valence-electron chi connectivity index (χ4n) is 2.02. The Labute approximate surface area is 101 Å². The van der Waals surface area contributed by atoms with Crippen molar-refractivity contribution in [2.75, 3.05) is 0 Å². The van der Waals surface area contributed by atoms with Gasteiger partial charge in [-0.2, -0.15) is 5.10 Å². The van der Waals surface area contributed by atoms with Crippen LogP contribution < -0.4 is 10.5 Å². The molecule has 0 amide bonds. The second-order valence-corrected chi connectivity index (χ2v) is 6.09. The minimum absolute atomic E-state index is 0.0777. The van der Waals surface area contributed by atoms with Crippen LogP contribution in [-0.4, -0.2) is 24.7 Å². The predicted octanol–water partition coefficient (Wildman–Crippen LogP) is 0.335. The van der Waals surface area contributed by atoms with Crippen molar-refractivity contribution in [3.63, 3.8) is 0 Å². The van der Waals surface area contributed by atoms with Crippen LogP contribution in [0.3, 0.4) is 0 Å². The maximum Gasteiger partial charge on any atom is 0.258 e. The Morgan fingerprint density at radius 2 is 2.41 bits per heavy atom. The molecule has 6 nitrogen and oxygen atoms in total. The minimum Gasteiger partial charge on any atom is -0.326 e. The molecule has 1 aromatic heterocycles. The number of hydrogen-bond donors (Lipinski definition) is 3. The molecular weight excluding hydrogens is 240 g/mol. The normalized spacial score (nSPS) is 23.9. The number of hydrogen-bond acceptors (Lipinski definition) is 4. The molecule has 1 fully saturated rings. The minimum atomic E-state index is -3.50. The first-order valence-corrected chi connectivity index (χ1v) is 7.31. The van der Waals surface area contributed by atoms with Crippen LogP contribution in [0.1, 0.15) is 31.7 Å². The highest BCUT2D eigenvalue weighted by atomic mass is 32.2. The van der Waals surface area contributed by atoms with E-state index in [0.29, 0.717) is 11.5 Å². The predicted molar refractivity (Wildman–Crippen MR) is 63.6 cm³/mol. The summed E-state index contributed by atoms with van der Waals surface area (Å²) < 4.78 is 26.8. The Kier molecular flexibility index (Phi) is 3.50. The SMILES string of the molecule is CCCC1CC1NS(=O)(=O)c1[nH]ncc1CN. The molecule has 1 heterocycles. The van der Waals surface area contributed by atoms with E-state index >= 15 is 0 Å². The lowest BCUT2D eigenvalue weighted by atomic mass is 10.2. The van der Waals surface area contributed by atoms with Gasteiger partial charge in [-0.25, -0.2) is 13.1 Å². The second kappa shape index (κ2) is 4.75. The van der Waals surface area contributed by atoms with Gasteiger partial charge in [-0.05, 0) is 18.8 Å². The van der Waals surface area contributed by atoms with E-state index in [9.17, 15) is 8.42 Å². The van der Waals surface area contributed by atoms with E-state index in [2.05, 4.69) is 21.8 Å². The van der Waals surface area contributed by atoms with Gasteiger partial charge in [0.25, 0.3) is 10.0 Å². The highest BCUT2D eigenvalue weighted by Crippen LogP contribution is 2.35. The van der Waals surface area contributed by atoms with Crippen LogP contribution in [0.2, 0.25) is 0 Å². The first-order chi connectivity index (χ1) is 8.08. The number of aromatic nitrogens is 2. The smallest absolute Gasteiger partial charge is 0.258 e. The fraction of sp³-hybridized carbons (Fsp3) is 0.700. The molecule has 2 atom stereocenters. The molecule has 0 radical (unpaired) electrons. The summed E-state index contributed by atoms with van der Waals surface area (Å²) >= 11 is 0. The van der Waals surface area contributed by atoms with Crippen LogP contribution in [0.15, 0.2) is 11.2 Å². The zero-order chi connectivity index (χ0) is 12.5. The molecule has 2 unspecified atom stereocenters. The van der Waals surface area contributed by atoms with E-state index in [1.54, 1.807) is 0 Å². The molecule has 0 spiro atoms. The Morgan fingerprint density at radius 3 is 3.06 bits per heavy atom. The average molecular weight is 258 g/mol. The maximum atomic E-state index is 12.0. The summed E-state index contributed by atoms with van der Waals surface area (Å²) in [7, 11) is -3.50. The Balaban J connectivity index is 2.05. The van der Waals surface area contributed by atoms with Gasteiger partial charge in [0.1, 0.15) is 0 Å². The maximum absolute atomic E-state index is 12.0. The Morgan fingerprint density at radius 1 is 1.65 bits per heavy atom. The summed E-state index contributed by atoms with van der Waals surface area (Å²) in [6.45, 7) is 2.26. The molecule has 4 N–H and O–H groups in total. The molecule has 0 aliphatic heterocycles. The summed E-state index contributed by atoms with van der Waals surface area (Å²) in [5, 5.41) is 6.31. The first-order valence-electron chi connectivity index (χ1n) is 5.83. The van der Waals surface area contributed by atoms with E-state index in [1.165, 1.54) is 6.20 Å². The summed E-state index contributed by atoms with van der Waals surface area (Å²) in [5.74, 6) is 0.485. The van der Waals surface area contributed by atoms with E-state index in [1.807, 2.05) is 0 Å². The second-order valence-electron chi connectivity index (χ2n) is 4.44. The molecular formula is C10H18N4O2S. The number of H-pyrrole nitrogens is 1. The topological polar surface area (TPSA) is 101 Å². The van der Waals surface area contributed by atoms with Crippen LogP contribution >= 0.6 is 0 Å². The first kappa shape index (κ1) is 12.5. The molecule has 17 heavy (non-hydrogen) atoms. The van der Waals surface area contributed by atoms with Gasteiger partial charge < -0.3 is 5.73 Å². The number of aromatic amines is 1. The molecule has 1 aromatic rings. The number of nitrogens with zero attached hydrogens (tertiary/aromatic N) is 1. The van der Waals surface area contributed by atoms with Crippen molar-refractivity contribution in [1.29, 1.82) is 0 Å². The lowest BCUT2D eigenvalue weighted by Gasteiger charge is -2.05. The molecule has 1 aliphatic rings. The summed E-state index contributed by atoms with van der Waals surface area (Å²) in [6, 6.07) is 0.0777. The van der Waals surface area contributed by atoms with Gasteiger partial charge in [-0.1, -0.05) is 13.3 Å². The lowest BCUT2D eigenvalue weighted by Crippen LogP contribution is -2.28. The third-order valence-electron chi connectivity index (χ3n) is 3.06. The molecule has 96 valence electrons. The molecule has 1 saturated carbocycles. The van der Waals surface area contributed by atoms with Crippen LogP contribution in [0, 0.1) is 5.92 Å². The summed E-state index contributed by atoms with van der Waals surface area (Å²) in [4.78, 5) is 0. The standard InChI is InChI=1S/C10H18N4O2S/c1-2-3-7-4-9(7)14-17(15,16)10-8(5-11)6-12-13-10/h6-7,9,14H,2-5,11H2,1H3,(H,12,13). The quantitative estimate of drug-likeness (QED) is 0.684. The van der Waals surface area contributed by atoms with E-state index in [0.717, 1.165) is 19.3 Å². The van der Waals surface area contributed by atoms with E-state index in [-0.39, 0.29) is 17.6 Å². The van der Waals surface area contributed by atoms with Crippen molar-refractivity contribution in [1.82, 2.24) is 14.9 Å². The van der Waals surface area contributed by atoms with Crippen molar-refractivity contribution in [3.05, 3.63) is 11.8 Å². The van der Waals surface area contributed by atoms with Crippen LogP contribution in [0.25, 0.3) is 0 Å². The number of sulfonamides is 1. The van der Waals surface area contributed by atoms with E-state index in [4.69, 9.17) is 5.73 Å². The molecule has 7 heteroatoms. The molecule has 0 aromatic carbocycles. The van der Waals surface area contributed by atoms with Gasteiger partial charge in [0.2, 0.25) is 0 Å². The van der Waals surface area contributed by atoms with Gasteiger partial charge in [-0.15, -0.1) is 0 Å². The van der Waals surface area contributed by atoms with Crippen molar-refractivity contribution in [2.24, 2.45) is 11.7 Å². The largest absolute Gasteiger partial charge is 0.326 e. The van der Waals surface area contributed by atoms with Crippen LogP contribution in [0.5, 0.6) is 0 Å². The average Bonchev–Trinajstić information content (AvgIpc) is 2.83. The highest BCUT2D eigenvalue weighted by Gasteiger charge is 2.39. The summed E-state index contributed by atoms with van der Waals surface area (Å²) in [5.41, 5.74) is 5.98. The molecule has 1 aliphatic carbocycles. The van der Waals surface area contributed by atoms with Gasteiger partial charge >= 0.3 is 0 Å². The highest BCUT2D eigenvalue weighted by molar-refractivity contribution is 7.89. The van der Waals surface area contributed by atoms with Crippen LogP contribution in [0.4, 0.5) is 0 Å². The zero-order valence-electron chi connectivity index (χ0n) is 9.81. The van der Waals surface area contributed by atoms with Crippen molar-refractivity contribution in [3.8, 4) is 0 Å². The van der Waals surface area contributed by atoms with E-state index < -0.39 is 10.0 Å². The third-order valence-corrected chi connectivity index (χ3v) is 4.56. The number of nitrogens with two attached hydrogens (primary N) is 1. The van der Waals surface area contributed by atoms with Crippen molar-refractivity contribution >= 4 is 10.0 Å².